The van der Waals surface area contributed by atoms with Gasteiger partial charge in [-0.2, -0.15) is 0 Å². The molecular formula is C18H14Cl2. The fourth-order valence-corrected chi connectivity index (χ4v) is 3.02. The van der Waals surface area contributed by atoms with Crippen molar-refractivity contribution in [2.45, 2.75) is 10.8 Å². The van der Waals surface area contributed by atoms with Gasteiger partial charge in [0.1, 0.15) is 0 Å². The van der Waals surface area contributed by atoms with E-state index in [1.807, 2.05) is 48.6 Å². The van der Waals surface area contributed by atoms with Crippen LogP contribution in [0, 0.1) is 0 Å². The zero-order chi connectivity index (χ0) is 14.0. The molecule has 0 aliphatic heterocycles. The number of rotatable bonds is 2. The van der Waals surface area contributed by atoms with Crippen molar-refractivity contribution in [2.24, 2.45) is 0 Å². The molecule has 0 atom stereocenters. The lowest BCUT2D eigenvalue weighted by Gasteiger charge is -2.23. The molecular weight excluding hydrogens is 287 g/mol. The van der Waals surface area contributed by atoms with Gasteiger partial charge in [0.2, 0.25) is 0 Å². The van der Waals surface area contributed by atoms with Crippen LogP contribution in [-0.4, -0.2) is 4.33 Å². The van der Waals surface area contributed by atoms with Crippen molar-refractivity contribution in [1.29, 1.82) is 0 Å². The second-order valence-electron chi connectivity index (χ2n) is 4.92. The lowest BCUT2D eigenvalue weighted by Crippen LogP contribution is -2.11. The second kappa shape index (κ2) is 5.47. The average molecular weight is 301 g/mol. The van der Waals surface area contributed by atoms with E-state index in [-0.39, 0.29) is 0 Å². The molecule has 0 spiro atoms. The van der Waals surface area contributed by atoms with Crippen molar-refractivity contribution in [1.82, 2.24) is 0 Å². The van der Waals surface area contributed by atoms with Gasteiger partial charge in [-0.1, -0.05) is 83.9 Å². The number of alkyl halides is 2. The Morgan fingerprint density at radius 3 is 1.45 bits per heavy atom. The van der Waals surface area contributed by atoms with Crippen LogP contribution in [0.3, 0.4) is 0 Å². The summed E-state index contributed by atoms with van der Waals surface area (Å²) in [6.45, 7) is 0. The highest BCUT2D eigenvalue weighted by molar-refractivity contribution is 6.52. The molecule has 0 heterocycles. The summed E-state index contributed by atoms with van der Waals surface area (Å²) in [5.74, 6) is 0. The van der Waals surface area contributed by atoms with Crippen LogP contribution < -0.4 is 0 Å². The van der Waals surface area contributed by atoms with Gasteiger partial charge >= 0.3 is 0 Å². The Hall–Kier alpha value is -1.50. The average Bonchev–Trinajstić information content (AvgIpc) is 2.47. The van der Waals surface area contributed by atoms with Crippen molar-refractivity contribution < 1.29 is 0 Å². The Kier molecular flexibility index (Phi) is 3.69. The van der Waals surface area contributed by atoms with E-state index in [1.165, 1.54) is 11.1 Å². The topological polar surface area (TPSA) is 0 Å². The molecule has 2 aromatic rings. The highest BCUT2D eigenvalue weighted by Gasteiger charge is 2.25. The summed E-state index contributed by atoms with van der Waals surface area (Å²) in [4.78, 5) is 0. The number of benzene rings is 2. The smallest absolute Gasteiger partial charge is 0.0922 e. The van der Waals surface area contributed by atoms with E-state index in [4.69, 9.17) is 23.2 Å². The van der Waals surface area contributed by atoms with Gasteiger partial charge in [0.15, 0.2) is 4.33 Å². The minimum absolute atomic E-state index is 0.842. The van der Waals surface area contributed by atoms with Gasteiger partial charge in [0.25, 0.3) is 0 Å². The van der Waals surface area contributed by atoms with Gasteiger partial charge < -0.3 is 0 Å². The van der Waals surface area contributed by atoms with Crippen molar-refractivity contribution in [3.63, 3.8) is 0 Å². The number of halogens is 2. The summed E-state index contributed by atoms with van der Waals surface area (Å²) < 4.78 is -0.950. The van der Waals surface area contributed by atoms with Gasteiger partial charge in [0, 0.05) is 0 Å². The minimum atomic E-state index is -0.950. The van der Waals surface area contributed by atoms with E-state index < -0.39 is 4.33 Å². The van der Waals surface area contributed by atoms with Crippen LogP contribution in [0.4, 0.5) is 0 Å². The quantitative estimate of drug-likeness (QED) is 0.621. The van der Waals surface area contributed by atoms with E-state index >= 15 is 0 Å². The maximum atomic E-state index is 6.37. The van der Waals surface area contributed by atoms with E-state index in [0.717, 1.165) is 17.6 Å². The lowest BCUT2D eigenvalue weighted by molar-refractivity contribution is 1.19. The van der Waals surface area contributed by atoms with Crippen molar-refractivity contribution in [3.8, 4) is 0 Å². The summed E-state index contributed by atoms with van der Waals surface area (Å²) in [5, 5.41) is 0. The van der Waals surface area contributed by atoms with Gasteiger partial charge in [-0.15, -0.1) is 0 Å². The Morgan fingerprint density at radius 1 is 0.650 bits per heavy atom. The van der Waals surface area contributed by atoms with Gasteiger partial charge in [0.05, 0.1) is 0 Å². The van der Waals surface area contributed by atoms with Gasteiger partial charge in [-0.25, -0.2) is 0 Å². The molecule has 0 N–H and O–H groups in total. The highest BCUT2D eigenvalue weighted by atomic mass is 35.5. The summed E-state index contributed by atoms with van der Waals surface area (Å²) in [6, 6.07) is 20.5. The molecule has 0 unspecified atom stereocenters. The monoisotopic (exact) mass is 300 g/mol. The van der Waals surface area contributed by atoms with Crippen LogP contribution in [-0.2, 0) is 0 Å². The molecule has 0 radical (unpaired) electrons. The maximum absolute atomic E-state index is 6.37. The molecule has 0 saturated heterocycles. The molecule has 0 nitrogen and oxygen atoms in total. The first-order valence-corrected chi connectivity index (χ1v) is 7.32. The maximum Gasteiger partial charge on any atom is 0.155 e. The molecule has 20 heavy (non-hydrogen) atoms. The second-order valence-corrected chi connectivity index (χ2v) is 6.37. The van der Waals surface area contributed by atoms with E-state index in [2.05, 4.69) is 24.3 Å². The molecule has 0 fully saturated rings. The van der Waals surface area contributed by atoms with Gasteiger partial charge in [-0.3, -0.25) is 0 Å². The summed E-state index contributed by atoms with van der Waals surface area (Å²) in [7, 11) is 0. The predicted octanol–water partition coefficient (Wildman–Crippen LogP) is 5.73. The fraction of sp³-hybridized carbons (Fsp3) is 0.111. The first-order valence-electron chi connectivity index (χ1n) is 6.56. The molecule has 0 bridgehead atoms. The van der Waals surface area contributed by atoms with Crippen LogP contribution >= 0.6 is 23.2 Å². The molecule has 1 aliphatic carbocycles. The van der Waals surface area contributed by atoms with Crippen molar-refractivity contribution in [3.05, 3.63) is 83.9 Å². The number of hydrogen-bond donors (Lipinski definition) is 0. The Balaban J connectivity index is 1.99. The molecule has 100 valence electrons. The SMILES string of the molecule is ClC1(Cl)C=C(c2ccccc2)CC(c2ccccc2)=C1. The normalized spacial score (nSPS) is 17.3. The van der Waals surface area contributed by atoms with Crippen molar-refractivity contribution in [2.75, 3.05) is 0 Å². The first-order chi connectivity index (χ1) is 9.64. The number of hydrogen-bond acceptors (Lipinski definition) is 0. The third-order valence-electron chi connectivity index (χ3n) is 3.40. The lowest BCUT2D eigenvalue weighted by atomic mass is 9.89. The summed E-state index contributed by atoms with van der Waals surface area (Å²) in [6.07, 6.45) is 4.70. The highest BCUT2D eigenvalue weighted by Crippen LogP contribution is 2.41. The molecule has 2 heteroatoms. The van der Waals surface area contributed by atoms with Crippen molar-refractivity contribution >= 4 is 34.3 Å². The first kappa shape index (κ1) is 13.5. The van der Waals surface area contributed by atoms with Crippen LogP contribution in [0.15, 0.2) is 72.8 Å². The zero-order valence-electron chi connectivity index (χ0n) is 10.9. The number of allylic oxidation sites excluding steroid dienone is 4. The predicted molar refractivity (Wildman–Crippen MR) is 87.9 cm³/mol. The van der Waals surface area contributed by atoms with E-state index in [0.29, 0.717) is 0 Å². The Bertz CT molecular complexity index is 595. The molecule has 0 amide bonds. The molecule has 0 aromatic heterocycles. The molecule has 2 aromatic carbocycles. The van der Waals surface area contributed by atoms with E-state index in [9.17, 15) is 0 Å². The zero-order valence-corrected chi connectivity index (χ0v) is 12.4. The molecule has 0 saturated carbocycles. The standard InChI is InChI=1S/C18H14Cl2/c19-18(20)12-16(14-7-3-1-4-8-14)11-17(13-18)15-9-5-2-6-10-15/h1-10,12-13H,11H2. The third kappa shape index (κ3) is 2.98. The summed E-state index contributed by atoms with van der Waals surface area (Å²) in [5.41, 5.74) is 4.66. The third-order valence-corrected chi connectivity index (χ3v) is 3.84. The van der Waals surface area contributed by atoms with Crippen LogP contribution in [0.5, 0.6) is 0 Å². The molecule has 3 rings (SSSR count). The van der Waals surface area contributed by atoms with Crippen LogP contribution in [0.1, 0.15) is 17.5 Å². The minimum Gasteiger partial charge on any atom is -0.0922 e. The molecule has 1 aliphatic rings. The Labute approximate surface area is 129 Å². The largest absolute Gasteiger partial charge is 0.155 e. The summed E-state index contributed by atoms with van der Waals surface area (Å²) >= 11 is 12.7. The Morgan fingerprint density at radius 2 is 1.05 bits per heavy atom. The van der Waals surface area contributed by atoms with E-state index in [1.54, 1.807) is 0 Å². The van der Waals surface area contributed by atoms with Crippen LogP contribution in [0.2, 0.25) is 0 Å². The van der Waals surface area contributed by atoms with Crippen LogP contribution in [0.25, 0.3) is 11.1 Å². The fourth-order valence-electron chi connectivity index (χ4n) is 2.49. The van der Waals surface area contributed by atoms with Gasteiger partial charge in [-0.05, 0) is 40.8 Å².